The predicted octanol–water partition coefficient (Wildman–Crippen LogP) is 2.02. The van der Waals surface area contributed by atoms with Crippen molar-refractivity contribution in [2.45, 2.75) is 19.4 Å². The van der Waals surface area contributed by atoms with E-state index in [9.17, 15) is 15.0 Å². The normalized spacial score (nSPS) is 21.8. The fraction of sp³-hybridized carbons (Fsp3) is 0.375. The lowest BCUT2D eigenvalue weighted by Gasteiger charge is -2.37. The first-order valence-electron chi connectivity index (χ1n) is 7.35. The lowest BCUT2D eigenvalue weighted by Crippen LogP contribution is -2.43. The summed E-state index contributed by atoms with van der Waals surface area (Å²) in [5.41, 5.74) is 0.219. The number of amides is 1. The monoisotopic (exact) mass is 301 g/mol. The van der Waals surface area contributed by atoms with Crippen LogP contribution in [0.1, 0.15) is 29.7 Å². The van der Waals surface area contributed by atoms with Crippen molar-refractivity contribution in [1.29, 1.82) is 0 Å². The van der Waals surface area contributed by atoms with Gasteiger partial charge in [-0.05, 0) is 24.5 Å². The molecule has 6 heteroatoms. The highest BCUT2D eigenvalue weighted by Gasteiger charge is 2.31. The molecule has 22 heavy (non-hydrogen) atoms. The second kappa shape index (κ2) is 5.71. The van der Waals surface area contributed by atoms with E-state index in [0.29, 0.717) is 19.0 Å². The number of phenolic OH excluding ortho intramolecular Hbond substituents is 2. The Bertz CT molecular complexity index is 669. The predicted molar refractivity (Wildman–Crippen MR) is 80.7 cm³/mol. The third-order valence-corrected chi connectivity index (χ3v) is 4.33. The molecule has 1 amide bonds. The van der Waals surface area contributed by atoms with Crippen LogP contribution in [-0.2, 0) is 0 Å². The molecule has 1 aliphatic rings. The number of carbonyl (C=O) groups excluding carboxylic acids is 1. The topological polar surface area (TPSA) is 78.6 Å². The lowest BCUT2D eigenvalue weighted by atomic mass is 9.92. The minimum atomic E-state index is -0.213. The number of carbonyl (C=O) groups is 1. The molecule has 2 heterocycles. The number of hydrogen-bond donors (Lipinski definition) is 2. The van der Waals surface area contributed by atoms with Crippen LogP contribution in [0.3, 0.4) is 0 Å². The van der Waals surface area contributed by atoms with Gasteiger partial charge in [-0.25, -0.2) is 4.98 Å². The molecule has 1 aromatic carbocycles. The van der Waals surface area contributed by atoms with Crippen molar-refractivity contribution in [3.05, 3.63) is 42.5 Å². The number of nitrogens with zero attached hydrogens (tertiary/aromatic N) is 3. The van der Waals surface area contributed by atoms with E-state index in [1.54, 1.807) is 17.4 Å². The molecule has 1 saturated heterocycles. The van der Waals surface area contributed by atoms with E-state index in [1.807, 2.05) is 10.8 Å². The van der Waals surface area contributed by atoms with Gasteiger partial charge in [0.15, 0.2) is 0 Å². The van der Waals surface area contributed by atoms with Crippen molar-refractivity contribution >= 4 is 5.91 Å². The number of aromatic nitrogens is 2. The summed E-state index contributed by atoms with van der Waals surface area (Å²) in [6.07, 6.45) is 6.31. The van der Waals surface area contributed by atoms with Crippen LogP contribution >= 0.6 is 0 Å². The summed E-state index contributed by atoms with van der Waals surface area (Å²) in [4.78, 5) is 18.4. The Morgan fingerprint density at radius 3 is 2.86 bits per heavy atom. The Kier molecular flexibility index (Phi) is 3.75. The lowest BCUT2D eigenvalue weighted by molar-refractivity contribution is 0.0618. The van der Waals surface area contributed by atoms with Crippen molar-refractivity contribution < 1.29 is 15.0 Å². The molecule has 0 aliphatic carbocycles. The van der Waals surface area contributed by atoms with E-state index in [1.165, 1.54) is 18.2 Å². The number of hydrogen-bond acceptors (Lipinski definition) is 4. The third-order valence-electron chi connectivity index (χ3n) is 4.33. The Hall–Kier alpha value is -2.50. The number of likely N-dealkylation sites (tertiary alicyclic amines) is 1. The molecule has 2 unspecified atom stereocenters. The van der Waals surface area contributed by atoms with Crippen LogP contribution in [0, 0.1) is 5.92 Å². The van der Waals surface area contributed by atoms with E-state index in [2.05, 4.69) is 11.9 Å². The summed E-state index contributed by atoms with van der Waals surface area (Å²) < 4.78 is 2.03. The Balaban J connectivity index is 1.81. The Morgan fingerprint density at radius 2 is 2.18 bits per heavy atom. The van der Waals surface area contributed by atoms with E-state index in [-0.39, 0.29) is 29.0 Å². The molecule has 116 valence electrons. The molecule has 2 N–H and O–H groups in total. The first-order chi connectivity index (χ1) is 10.6. The van der Waals surface area contributed by atoms with E-state index < -0.39 is 0 Å². The van der Waals surface area contributed by atoms with Crippen molar-refractivity contribution in [2.75, 3.05) is 13.1 Å². The number of aromatic hydroxyl groups is 2. The van der Waals surface area contributed by atoms with Crippen LogP contribution in [0.25, 0.3) is 0 Å². The molecule has 1 fully saturated rings. The van der Waals surface area contributed by atoms with Crippen LogP contribution < -0.4 is 0 Å². The highest BCUT2D eigenvalue weighted by molar-refractivity contribution is 5.97. The van der Waals surface area contributed by atoms with Gasteiger partial charge in [-0.1, -0.05) is 6.92 Å². The van der Waals surface area contributed by atoms with Gasteiger partial charge >= 0.3 is 0 Å². The molecule has 3 rings (SSSR count). The quantitative estimate of drug-likeness (QED) is 0.889. The molecule has 0 spiro atoms. The van der Waals surface area contributed by atoms with Crippen LogP contribution in [0.15, 0.2) is 36.9 Å². The molecule has 2 atom stereocenters. The Morgan fingerprint density at radius 1 is 1.36 bits per heavy atom. The highest BCUT2D eigenvalue weighted by Crippen LogP contribution is 2.30. The van der Waals surface area contributed by atoms with Gasteiger partial charge < -0.3 is 19.7 Å². The molecule has 0 saturated carbocycles. The largest absolute Gasteiger partial charge is 0.508 e. The average Bonchev–Trinajstić information content (AvgIpc) is 3.01. The van der Waals surface area contributed by atoms with Crippen molar-refractivity contribution in [3.63, 3.8) is 0 Å². The standard InChI is InChI=1S/C16H19N3O3/c1-11-4-6-18(9-14(11)19-7-5-17-10-19)16(22)13-3-2-12(20)8-15(13)21/h2-3,5,7-8,10-11,14,20-21H,4,6,9H2,1H3. The fourth-order valence-corrected chi connectivity index (χ4v) is 2.96. The molecule has 2 aromatic rings. The van der Waals surface area contributed by atoms with E-state index in [0.717, 1.165) is 6.42 Å². The van der Waals surface area contributed by atoms with Gasteiger partial charge in [-0.2, -0.15) is 0 Å². The summed E-state index contributed by atoms with van der Waals surface area (Å²) in [5, 5.41) is 19.2. The highest BCUT2D eigenvalue weighted by atomic mass is 16.3. The second-order valence-electron chi connectivity index (χ2n) is 5.80. The maximum atomic E-state index is 12.6. The molecular formula is C16H19N3O3. The maximum Gasteiger partial charge on any atom is 0.257 e. The minimum absolute atomic E-state index is 0.0578. The third kappa shape index (κ3) is 2.64. The van der Waals surface area contributed by atoms with Gasteiger partial charge in [0.25, 0.3) is 5.91 Å². The molecule has 0 radical (unpaired) electrons. The zero-order valence-electron chi connectivity index (χ0n) is 12.4. The average molecular weight is 301 g/mol. The molecule has 1 aromatic heterocycles. The van der Waals surface area contributed by atoms with Crippen molar-refractivity contribution in [1.82, 2.24) is 14.5 Å². The van der Waals surface area contributed by atoms with Gasteiger partial charge in [-0.3, -0.25) is 4.79 Å². The Labute approximate surface area is 128 Å². The van der Waals surface area contributed by atoms with Crippen molar-refractivity contribution in [2.24, 2.45) is 5.92 Å². The fourth-order valence-electron chi connectivity index (χ4n) is 2.96. The van der Waals surface area contributed by atoms with Crippen LogP contribution in [0.4, 0.5) is 0 Å². The first kappa shape index (κ1) is 14.4. The number of piperidine rings is 1. The summed E-state index contributed by atoms with van der Waals surface area (Å²) in [7, 11) is 0. The van der Waals surface area contributed by atoms with Gasteiger partial charge in [0, 0.05) is 31.5 Å². The number of rotatable bonds is 2. The number of benzene rings is 1. The first-order valence-corrected chi connectivity index (χ1v) is 7.35. The zero-order valence-corrected chi connectivity index (χ0v) is 12.4. The van der Waals surface area contributed by atoms with E-state index in [4.69, 9.17) is 0 Å². The van der Waals surface area contributed by atoms with E-state index >= 15 is 0 Å². The van der Waals surface area contributed by atoms with Gasteiger partial charge in [0.2, 0.25) is 0 Å². The van der Waals surface area contributed by atoms with Gasteiger partial charge in [0.1, 0.15) is 11.5 Å². The summed E-state index contributed by atoms with van der Waals surface area (Å²) in [6, 6.07) is 4.23. The molecular weight excluding hydrogens is 282 g/mol. The van der Waals surface area contributed by atoms with Crippen LogP contribution in [0.5, 0.6) is 11.5 Å². The zero-order chi connectivity index (χ0) is 15.7. The summed E-state index contributed by atoms with van der Waals surface area (Å²) in [5.74, 6) is -0.0124. The molecule has 6 nitrogen and oxygen atoms in total. The summed E-state index contributed by atoms with van der Waals surface area (Å²) in [6.45, 7) is 3.41. The van der Waals surface area contributed by atoms with Crippen LogP contribution in [-0.4, -0.2) is 43.7 Å². The smallest absolute Gasteiger partial charge is 0.257 e. The van der Waals surface area contributed by atoms with Gasteiger partial charge in [-0.15, -0.1) is 0 Å². The van der Waals surface area contributed by atoms with Crippen LogP contribution in [0.2, 0.25) is 0 Å². The maximum absolute atomic E-state index is 12.6. The van der Waals surface area contributed by atoms with Crippen molar-refractivity contribution in [3.8, 4) is 11.5 Å². The number of imidazole rings is 1. The summed E-state index contributed by atoms with van der Waals surface area (Å²) >= 11 is 0. The van der Waals surface area contributed by atoms with Gasteiger partial charge in [0.05, 0.1) is 17.9 Å². The second-order valence-corrected chi connectivity index (χ2v) is 5.80. The molecule has 1 aliphatic heterocycles. The number of phenols is 2. The molecule has 0 bridgehead atoms. The minimum Gasteiger partial charge on any atom is -0.508 e. The SMILES string of the molecule is CC1CCN(C(=O)c2ccc(O)cc2O)CC1n1ccnc1.